The number of hydrogen-bond donors (Lipinski definition) is 0. The van der Waals surface area contributed by atoms with Crippen molar-refractivity contribution >= 4 is 21.7 Å². The molecule has 90 valence electrons. The zero-order valence-corrected chi connectivity index (χ0v) is 10.6. The van der Waals surface area contributed by atoms with Crippen molar-refractivity contribution in [2.24, 2.45) is 0 Å². The molecule has 1 heterocycles. The zero-order valence-electron chi connectivity index (χ0n) is 8.98. The average Bonchev–Trinajstić information content (AvgIpc) is 2.13. The summed E-state index contributed by atoms with van der Waals surface area (Å²) in [5.74, 6) is 0.378. The van der Waals surface area contributed by atoms with E-state index in [0.717, 1.165) is 10.0 Å². The summed E-state index contributed by atoms with van der Waals surface area (Å²) >= 11 is 3.23. The molecule has 0 amide bonds. The van der Waals surface area contributed by atoms with E-state index in [1.165, 1.54) is 11.1 Å². The molecule has 0 atom stereocenters. The van der Waals surface area contributed by atoms with Crippen LogP contribution in [0.2, 0.25) is 0 Å². The van der Waals surface area contributed by atoms with Crippen molar-refractivity contribution < 1.29 is 13.2 Å². The highest BCUT2D eigenvalue weighted by Crippen LogP contribution is 2.24. The maximum absolute atomic E-state index is 12.3. The number of aromatic nitrogens is 1. The van der Waals surface area contributed by atoms with Gasteiger partial charge in [0.2, 0.25) is 0 Å². The highest BCUT2D eigenvalue weighted by molar-refractivity contribution is 9.10. The van der Waals surface area contributed by atoms with Crippen LogP contribution in [0.5, 0.6) is 0 Å². The predicted octanol–water partition coefficient (Wildman–Crippen LogP) is 3.54. The van der Waals surface area contributed by atoms with Crippen LogP contribution in [0.3, 0.4) is 0 Å². The number of halogens is 4. The summed E-state index contributed by atoms with van der Waals surface area (Å²) in [7, 11) is 0. The molecule has 0 unspecified atom stereocenters. The second kappa shape index (κ2) is 5.03. The van der Waals surface area contributed by atoms with Gasteiger partial charge < -0.3 is 4.90 Å². The molecule has 0 N–H and O–H groups in total. The molecule has 0 spiro atoms. The molecule has 0 fully saturated rings. The largest absolute Gasteiger partial charge is 0.405 e. The standard InChI is InChI=1S/C10H12BrF3N2/c1-3-16(6-10(12,13)14)9-7(2)4-8(11)5-15-9/h4-5H,3,6H2,1-2H3. The Morgan fingerprint density at radius 2 is 2.06 bits per heavy atom. The number of rotatable bonds is 3. The molecule has 1 aromatic heterocycles. The van der Waals surface area contributed by atoms with E-state index in [9.17, 15) is 13.2 Å². The Labute approximate surface area is 101 Å². The summed E-state index contributed by atoms with van der Waals surface area (Å²) < 4.78 is 37.7. The van der Waals surface area contributed by atoms with Gasteiger partial charge in [-0.2, -0.15) is 13.2 Å². The fourth-order valence-electron chi connectivity index (χ4n) is 1.42. The van der Waals surface area contributed by atoms with Crippen molar-refractivity contribution in [3.8, 4) is 0 Å². The molecule has 1 aromatic rings. The Morgan fingerprint density at radius 1 is 1.44 bits per heavy atom. The summed E-state index contributed by atoms with van der Waals surface area (Å²) in [5, 5.41) is 0. The first-order chi connectivity index (χ1) is 7.33. The Hall–Kier alpha value is -0.780. The fourth-order valence-corrected chi connectivity index (χ4v) is 1.86. The van der Waals surface area contributed by atoms with Crippen molar-refractivity contribution in [3.63, 3.8) is 0 Å². The third kappa shape index (κ3) is 3.66. The number of alkyl halides is 3. The van der Waals surface area contributed by atoms with Crippen LogP contribution in [0, 0.1) is 6.92 Å². The minimum atomic E-state index is -4.21. The number of hydrogen-bond acceptors (Lipinski definition) is 2. The first-order valence-electron chi connectivity index (χ1n) is 4.77. The van der Waals surface area contributed by atoms with E-state index in [4.69, 9.17) is 0 Å². The van der Waals surface area contributed by atoms with E-state index >= 15 is 0 Å². The highest BCUT2D eigenvalue weighted by atomic mass is 79.9. The smallest absolute Gasteiger partial charge is 0.348 e. The SMILES string of the molecule is CCN(CC(F)(F)F)c1ncc(Br)cc1C. The van der Waals surface area contributed by atoms with Crippen LogP contribution in [0.4, 0.5) is 19.0 Å². The van der Waals surface area contributed by atoms with Crippen molar-refractivity contribution in [1.82, 2.24) is 4.98 Å². The summed E-state index contributed by atoms with van der Waals surface area (Å²) in [5.41, 5.74) is 0.723. The van der Waals surface area contributed by atoms with Gasteiger partial charge in [0.05, 0.1) is 0 Å². The van der Waals surface area contributed by atoms with Gasteiger partial charge in [-0.3, -0.25) is 0 Å². The Morgan fingerprint density at radius 3 is 2.50 bits per heavy atom. The molecule has 0 saturated carbocycles. The van der Waals surface area contributed by atoms with E-state index in [2.05, 4.69) is 20.9 Å². The molecule has 2 nitrogen and oxygen atoms in total. The molecule has 0 aliphatic carbocycles. The highest BCUT2D eigenvalue weighted by Gasteiger charge is 2.31. The van der Waals surface area contributed by atoms with Crippen LogP contribution in [0.15, 0.2) is 16.7 Å². The van der Waals surface area contributed by atoms with E-state index in [1.54, 1.807) is 19.9 Å². The van der Waals surface area contributed by atoms with Gasteiger partial charge in [-0.05, 0) is 41.4 Å². The van der Waals surface area contributed by atoms with Crippen molar-refractivity contribution in [2.45, 2.75) is 20.0 Å². The maximum Gasteiger partial charge on any atom is 0.405 e. The van der Waals surface area contributed by atoms with Crippen LogP contribution in [0.1, 0.15) is 12.5 Å². The van der Waals surface area contributed by atoms with Gasteiger partial charge in [0, 0.05) is 17.2 Å². The normalized spacial score (nSPS) is 11.6. The molecular formula is C10H12BrF3N2. The van der Waals surface area contributed by atoms with Crippen molar-refractivity contribution in [1.29, 1.82) is 0 Å². The van der Waals surface area contributed by atoms with Crippen molar-refractivity contribution in [3.05, 3.63) is 22.3 Å². The molecule has 0 bridgehead atoms. The van der Waals surface area contributed by atoms with Gasteiger partial charge in [0.1, 0.15) is 12.4 Å². The fraction of sp³-hybridized carbons (Fsp3) is 0.500. The van der Waals surface area contributed by atoms with E-state index in [1.807, 2.05) is 0 Å². The summed E-state index contributed by atoms with van der Waals surface area (Å²) in [6, 6.07) is 1.75. The molecule has 6 heteroatoms. The van der Waals surface area contributed by atoms with Crippen LogP contribution < -0.4 is 4.90 Å². The molecular weight excluding hydrogens is 285 g/mol. The predicted molar refractivity (Wildman–Crippen MR) is 60.6 cm³/mol. The number of nitrogens with zero attached hydrogens (tertiary/aromatic N) is 2. The molecule has 0 saturated heterocycles. The van der Waals surface area contributed by atoms with E-state index < -0.39 is 12.7 Å². The lowest BCUT2D eigenvalue weighted by molar-refractivity contribution is -0.119. The lowest BCUT2D eigenvalue weighted by Gasteiger charge is -2.24. The van der Waals surface area contributed by atoms with Gasteiger partial charge in [-0.25, -0.2) is 4.98 Å². The minimum absolute atomic E-state index is 0.273. The van der Waals surface area contributed by atoms with Crippen LogP contribution >= 0.6 is 15.9 Å². The lowest BCUT2D eigenvalue weighted by Crippen LogP contribution is -2.35. The van der Waals surface area contributed by atoms with Crippen molar-refractivity contribution in [2.75, 3.05) is 18.0 Å². The van der Waals surface area contributed by atoms with Gasteiger partial charge in [-0.1, -0.05) is 0 Å². The lowest BCUT2D eigenvalue weighted by atomic mass is 10.2. The Balaban J connectivity index is 2.95. The third-order valence-electron chi connectivity index (χ3n) is 2.07. The molecule has 0 aliphatic heterocycles. The summed E-state index contributed by atoms with van der Waals surface area (Å²) in [6.07, 6.45) is -2.71. The summed E-state index contributed by atoms with van der Waals surface area (Å²) in [4.78, 5) is 5.22. The maximum atomic E-state index is 12.3. The topological polar surface area (TPSA) is 16.1 Å². The third-order valence-corrected chi connectivity index (χ3v) is 2.50. The van der Waals surface area contributed by atoms with Crippen LogP contribution in [-0.4, -0.2) is 24.2 Å². The quantitative estimate of drug-likeness (QED) is 0.848. The average molecular weight is 297 g/mol. The second-order valence-corrected chi connectivity index (χ2v) is 4.34. The van der Waals surface area contributed by atoms with Gasteiger partial charge in [-0.15, -0.1) is 0 Å². The minimum Gasteiger partial charge on any atom is -0.348 e. The van der Waals surface area contributed by atoms with Crippen LogP contribution in [-0.2, 0) is 0 Å². The number of aryl methyl sites for hydroxylation is 1. The van der Waals surface area contributed by atoms with Gasteiger partial charge >= 0.3 is 6.18 Å². The van der Waals surface area contributed by atoms with E-state index in [0.29, 0.717) is 5.82 Å². The first kappa shape index (κ1) is 13.3. The number of pyridine rings is 1. The molecule has 1 rings (SSSR count). The van der Waals surface area contributed by atoms with Gasteiger partial charge in [0.15, 0.2) is 0 Å². The molecule has 0 radical (unpaired) electrons. The monoisotopic (exact) mass is 296 g/mol. The molecule has 0 aromatic carbocycles. The van der Waals surface area contributed by atoms with Gasteiger partial charge in [0.25, 0.3) is 0 Å². The Bertz CT molecular complexity index is 366. The Kier molecular flexibility index (Phi) is 4.18. The first-order valence-corrected chi connectivity index (χ1v) is 5.56. The summed E-state index contributed by atoms with van der Waals surface area (Å²) in [6.45, 7) is 2.72. The second-order valence-electron chi connectivity index (χ2n) is 3.42. The number of anilines is 1. The molecule has 0 aliphatic rings. The molecule has 16 heavy (non-hydrogen) atoms. The van der Waals surface area contributed by atoms with E-state index in [-0.39, 0.29) is 6.54 Å². The van der Waals surface area contributed by atoms with Crippen LogP contribution in [0.25, 0.3) is 0 Å². The zero-order chi connectivity index (χ0) is 12.3.